The first-order valence-corrected chi connectivity index (χ1v) is 8.47. The van der Waals surface area contributed by atoms with E-state index in [0.717, 1.165) is 10.5 Å². The first-order valence-electron chi connectivity index (χ1n) is 8.47. The predicted molar refractivity (Wildman–Crippen MR) is 91.3 cm³/mol. The fraction of sp³-hybridized carbons (Fsp3) is 0.444. The number of rotatable bonds is 8. The molecule has 1 aromatic carbocycles. The molecule has 2 amide bonds. The topological polar surface area (TPSA) is 124 Å². The molecule has 0 aromatic heterocycles. The summed E-state index contributed by atoms with van der Waals surface area (Å²) in [5.41, 5.74) is 0.953. The lowest BCUT2D eigenvalue weighted by Crippen LogP contribution is -2.52. The zero-order valence-electron chi connectivity index (χ0n) is 14.3. The van der Waals surface area contributed by atoms with Crippen molar-refractivity contribution in [2.75, 3.05) is 6.54 Å². The van der Waals surface area contributed by atoms with Crippen molar-refractivity contribution in [1.82, 2.24) is 10.2 Å². The fourth-order valence-electron chi connectivity index (χ4n) is 3.03. The lowest BCUT2D eigenvalue weighted by molar-refractivity contribution is -0.150. The van der Waals surface area contributed by atoms with Crippen molar-refractivity contribution >= 4 is 23.8 Å². The molecule has 1 saturated heterocycles. The minimum Gasteiger partial charge on any atom is -0.481 e. The molecule has 8 heteroatoms. The van der Waals surface area contributed by atoms with E-state index < -0.39 is 42.3 Å². The highest BCUT2D eigenvalue weighted by Gasteiger charge is 2.38. The van der Waals surface area contributed by atoms with Crippen LogP contribution < -0.4 is 5.32 Å². The first-order chi connectivity index (χ1) is 12.4. The summed E-state index contributed by atoms with van der Waals surface area (Å²) in [7, 11) is 0. The Morgan fingerprint density at radius 2 is 1.85 bits per heavy atom. The molecule has 26 heavy (non-hydrogen) atoms. The molecule has 0 radical (unpaired) electrons. The molecule has 1 heterocycles. The van der Waals surface area contributed by atoms with Gasteiger partial charge in [0.05, 0.1) is 6.42 Å². The van der Waals surface area contributed by atoms with Gasteiger partial charge in [0.25, 0.3) is 0 Å². The van der Waals surface area contributed by atoms with Crippen molar-refractivity contribution < 1.29 is 29.4 Å². The van der Waals surface area contributed by atoms with Gasteiger partial charge in [0.15, 0.2) is 0 Å². The maximum absolute atomic E-state index is 12.6. The third-order valence-corrected chi connectivity index (χ3v) is 4.32. The predicted octanol–water partition coefficient (Wildman–Crippen LogP) is 0.654. The summed E-state index contributed by atoms with van der Waals surface area (Å²) in [4.78, 5) is 48.2. The van der Waals surface area contributed by atoms with Crippen molar-refractivity contribution in [3.8, 4) is 0 Å². The summed E-state index contributed by atoms with van der Waals surface area (Å²) in [6.45, 7) is 0.242. The summed E-state index contributed by atoms with van der Waals surface area (Å²) < 4.78 is 0. The zero-order valence-corrected chi connectivity index (χ0v) is 14.3. The second kappa shape index (κ2) is 8.98. The Balaban J connectivity index is 1.99. The van der Waals surface area contributed by atoms with Crippen LogP contribution in [0.5, 0.6) is 0 Å². The molecule has 0 unspecified atom stereocenters. The SMILES string of the molecule is O=C(O)C[C@H](NC(=O)CCc1ccccc1)C(=O)N1CCC[C@H]1C(=O)O. The average Bonchev–Trinajstić information content (AvgIpc) is 3.09. The van der Waals surface area contributed by atoms with Crippen LogP contribution in [0, 0.1) is 0 Å². The van der Waals surface area contributed by atoms with Crippen LogP contribution in [-0.4, -0.2) is 57.5 Å². The van der Waals surface area contributed by atoms with E-state index >= 15 is 0 Å². The number of likely N-dealkylation sites (tertiary alicyclic amines) is 1. The van der Waals surface area contributed by atoms with E-state index in [1.807, 2.05) is 30.3 Å². The number of benzene rings is 1. The Morgan fingerprint density at radius 1 is 1.15 bits per heavy atom. The summed E-state index contributed by atoms with van der Waals surface area (Å²) >= 11 is 0. The molecule has 0 bridgehead atoms. The van der Waals surface area contributed by atoms with Gasteiger partial charge in [0.1, 0.15) is 12.1 Å². The molecule has 140 valence electrons. The number of aryl methyl sites for hydroxylation is 1. The highest BCUT2D eigenvalue weighted by Crippen LogP contribution is 2.19. The molecule has 3 N–H and O–H groups in total. The molecule has 2 atom stereocenters. The van der Waals surface area contributed by atoms with Gasteiger partial charge in [0.2, 0.25) is 11.8 Å². The summed E-state index contributed by atoms with van der Waals surface area (Å²) in [5.74, 6) is -3.47. The number of aliphatic carboxylic acids is 2. The molecular weight excluding hydrogens is 340 g/mol. The Morgan fingerprint density at radius 3 is 2.46 bits per heavy atom. The number of carboxylic acid groups (broad SMARTS) is 2. The number of hydrogen-bond donors (Lipinski definition) is 3. The average molecular weight is 362 g/mol. The number of hydrogen-bond acceptors (Lipinski definition) is 4. The molecule has 2 rings (SSSR count). The summed E-state index contributed by atoms with van der Waals surface area (Å²) in [5, 5.41) is 20.7. The van der Waals surface area contributed by atoms with Crippen LogP contribution in [0.1, 0.15) is 31.2 Å². The number of nitrogens with one attached hydrogen (secondary N) is 1. The van der Waals surface area contributed by atoms with E-state index in [0.29, 0.717) is 19.3 Å². The molecule has 1 aromatic rings. The first kappa shape index (κ1) is 19.4. The highest BCUT2D eigenvalue weighted by molar-refractivity contribution is 5.93. The van der Waals surface area contributed by atoms with Crippen molar-refractivity contribution in [2.45, 2.75) is 44.2 Å². The van der Waals surface area contributed by atoms with Crippen LogP contribution in [0.15, 0.2) is 30.3 Å². The number of carboxylic acids is 2. The Labute approximate surface area is 150 Å². The van der Waals surface area contributed by atoms with Gasteiger partial charge >= 0.3 is 11.9 Å². The molecule has 8 nitrogen and oxygen atoms in total. The van der Waals surface area contributed by atoms with E-state index in [1.165, 1.54) is 0 Å². The maximum Gasteiger partial charge on any atom is 0.326 e. The third-order valence-electron chi connectivity index (χ3n) is 4.32. The normalized spacial score (nSPS) is 17.5. The smallest absolute Gasteiger partial charge is 0.326 e. The van der Waals surface area contributed by atoms with E-state index in [9.17, 15) is 24.3 Å². The molecule has 0 spiro atoms. The Kier molecular flexibility index (Phi) is 6.71. The van der Waals surface area contributed by atoms with Crippen molar-refractivity contribution in [2.24, 2.45) is 0 Å². The lowest BCUT2D eigenvalue weighted by Gasteiger charge is -2.26. The fourth-order valence-corrected chi connectivity index (χ4v) is 3.03. The van der Waals surface area contributed by atoms with Crippen molar-refractivity contribution in [1.29, 1.82) is 0 Å². The molecular formula is C18H22N2O6. The standard InChI is InChI=1S/C18H22N2O6/c21-15(9-8-12-5-2-1-3-6-12)19-13(11-16(22)23)17(24)20-10-4-7-14(20)18(25)26/h1-3,5-6,13-14H,4,7-11H2,(H,19,21)(H,22,23)(H,25,26)/t13-,14-/m0/s1. The van der Waals surface area contributed by atoms with Gasteiger partial charge in [-0.3, -0.25) is 14.4 Å². The van der Waals surface area contributed by atoms with Crippen LogP contribution in [-0.2, 0) is 25.6 Å². The van der Waals surface area contributed by atoms with Crippen molar-refractivity contribution in [3.05, 3.63) is 35.9 Å². The second-order valence-corrected chi connectivity index (χ2v) is 6.23. The van der Waals surface area contributed by atoms with E-state index in [1.54, 1.807) is 0 Å². The second-order valence-electron chi connectivity index (χ2n) is 6.23. The minimum atomic E-state index is -1.27. The Hall–Kier alpha value is -2.90. The monoisotopic (exact) mass is 362 g/mol. The minimum absolute atomic E-state index is 0.107. The number of nitrogens with zero attached hydrogens (tertiary/aromatic N) is 1. The zero-order chi connectivity index (χ0) is 19.1. The van der Waals surface area contributed by atoms with Crippen LogP contribution in [0.4, 0.5) is 0 Å². The van der Waals surface area contributed by atoms with Gasteiger partial charge in [0, 0.05) is 13.0 Å². The van der Waals surface area contributed by atoms with Crippen LogP contribution in [0.25, 0.3) is 0 Å². The Bertz CT molecular complexity index is 676. The number of carbonyl (C=O) groups excluding carboxylic acids is 2. The molecule has 1 aliphatic rings. The summed E-state index contributed by atoms with van der Waals surface area (Å²) in [6, 6.07) is 7.06. The number of amides is 2. The molecule has 0 aliphatic carbocycles. The van der Waals surface area contributed by atoms with E-state index in [2.05, 4.69) is 5.32 Å². The molecule has 1 aliphatic heterocycles. The van der Waals surface area contributed by atoms with Crippen molar-refractivity contribution in [3.63, 3.8) is 0 Å². The largest absolute Gasteiger partial charge is 0.481 e. The quantitative estimate of drug-likeness (QED) is 0.624. The van der Waals surface area contributed by atoms with Gasteiger partial charge in [-0.05, 0) is 24.8 Å². The maximum atomic E-state index is 12.6. The van der Waals surface area contributed by atoms with Gasteiger partial charge in [-0.25, -0.2) is 4.79 Å². The van der Waals surface area contributed by atoms with Crippen LogP contribution in [0.2, 0.25) is 0 Å². The third kappa shape index (κ3) is 5.30. The number of carbonyl (C=O) groups is 4. The van der Waals surface area contributed by atoms with Gasteiger partial charge in [-0.2, -0.15) is 0 Å². The van der Waals surface area contributed by atoms with Gasteiger partial charge < -0.3 is 20.4 Å². The van der Waals surface area contributed by atoms with Crippen LogP contribution >= 0.6 is 0 Å². The van der Waals surface area contributed by atoms with Gasteiger partial charge in [-0.1, -0.05) is 30.3 Å². The van der Waals surface area contributed by atoms with E-state index in [4.69, 9.17) is 5.11 Å². The molecule has 0 saturated carbocycles. The lowest BCUT2D eigenvalue weighted by atomic mass is 10.1. The van der Waals surface area contributed by atoms with E-state index in [-0.39, 0.29) is 13.0 Å². The van der Waals surface area contributed by atoms with Crippen LogP contribution in [0.3, 0.4) is 0 Å². The highest BCUT2D eigenvalue weighted by atomic mass is 16.4. The van der Waals surface area contributed by atoms with Gasteiger partial charge in [-0.15, -0.1) is 0 Å². The molecule has 1 fully saturated rings. The summed E-state index contributed by atoms with van der Waals surface area (Å²) in [6.07, 6.45) is 0.837.